The van der Waals surface area contributed by atoms with E-state index in [-0.39, 0.29) is 16.3 Å². The molecule has 0 unspecified atom stereocenters. The molecule has 9 heteroatoms. The van der Waals surface area contributed by atoms with Crippen molar-refractivity contribution in [3.8, 4) is 0 Å². The largest absolute Gasteiger partial charge is 0.350 e. The van der Waals surface area contributed by atoms with Crippen LogP contribution in [-0.2, 0) is 16.6 Å². The molecule has 0 saturated heterocycles. The Bertz CT molecular complexity index is 1070. The van der Waals surface area contributed by atoms with Gasteiger partial charge in [-0.3, -0.25) is 10.1 Å². The predicted octanol–water partition coefficient (Wildman–Crippen LogP) is 5.43. The molecule has 2 aromatic rings. The summed E-state index contributed by atoms with van der Waals surface area (Å²) in [6, 6.07) is 11.8. The molecule has 0 aliphatic carbocycles. The molecule has 2 N–H and O–H groups in total. The first-order chi connectivity index (χ1) is 15.9. The van der Waals surface area contributed by atoms with Gasteiger partial charge in [0.1, 0.15) is 12.2 Å². The second kappa shape index (κ2) is 12.3. The smallest absolute Gasteiger partial charge is 0.294 e. The number of unbranched alkanes of at least 4 members (excludes halogenated alkanes) is 1. The molecule has 0 bridgehead atoms. The summed E-state index contributed by atoms with van der Waals surface area (Å²) in [6.45, 7) is 8.64. The Labute approximate surface area is 204 Å². The monoisotopic (exact) mass is 491 g/mol. The molecule has 0 atom stereocenters. The number of nitrogens with one attached hydrogen (secondary N) is 2. The van der Waals surface area contributed by atoms with Crippen molar-refractivity contribution in [2.24, 2.45) is 5.92 Å². The molecular weight excluding hydrogens is 452 g/mol. The number of nitro benzene ring substituents is 1. The minimum Gasteiger partial charge on any atom is -0.350 e. The summed E-state index contributed by atoms with van der Waals surface area (Å²) >= 11 is 0. The molecule has 0 spiro atoms. The number of quaternary nitrogens is 1. The van der Waals surface area contributed by atoms with Crippen molar-refractivity contribution in [2.45, 2.75) is 57.9 Å². The summed E-state index contributed by atoms with van der Waals surface area (Å²) in [7, 11) is 0.612. The van der Waals surface area contributed by atoms with Crippen LogP contribution in [0.5, 0.6) is 0 Å². The fraction of sp³-hybridized carbons (Fsp3) is 0.520. The number of sulfonamides is 1. The number of benzene rings is 2. The van der Waals surface area contributed by atoms with Gasteiger partial charge in [0.15, 0.2) is 0 Å². The molecule has 2 aromatic carbocycles. The molecule has 0 fully saturated rings. The Morgan fingerprint density at radius 3 is 2.47 bits per heavy atom. The highest BCUT2D eigenvalue weighted by atomic mass is 32.2. The molecule has 0 aliphatic heterocycles. The van der Waals surface area contributed by atoms with Gasteiger partial charge in [-0.05, 0) is 49.4 Å². The second-order valence-corrected chi connectivity index (χ2v) is 11.6. The van der Waals surface area contributed by atoms with Crippen LogP contribution in [0.15, 0.2) is 47.4 Å². The van der Waals surface area contributed by atoms with Gasteiger partial charge in [-0.2, -0.15) is 0 Å². The molecule has 2 rings (SSSR count). The maximum atomic E-state index is 12.5. The average Bonchev–Trinajstić information content (AvgIpc) is 2.73. The third-order valence-corrected chi connectivity index (χ3v) is 7.12. The lowest BCUT2D eigenvalue weighted by atomic mass is 10.1. The zero-order valence-electron chi connectivity index (χ0n) is 21.0. The summed E-state index contributed by atoms with van der Waals surface area (Å²) in [6.07, 6.45) is 3.91. The number of nitrogens with zero attached hydrogens (tertiary/aromatic N) is 2. The Kier molecular flexibility index (Phi) is 10.0. The molecule has 0 heterocycles. The van der Waals surface area contributed by atoms with E-state index in [0.29, 0.717) is 18.9 Å². The summed E-state index contributed by atoms with van der Waals surface area (Å²) < 4.78 is 28.3. The summed E-state index contributed by atoms with van der Waals surface area (Å²) in [5.74, 6) is 0.691. The maximum absolute atomic E-state index is 12.5. The van der Waals surface area contributed by atoms with Gasteiger partial charge in [0.25, 0.3) is 5.69 Å². The lowest BCUT2D eigenvalue weighted by molar-refractivity contribution is -0.903. The Morgan fingerprint density at radius 1 is 1.09 bits per heavy atom. The molecule has 0 aliphatic rings. The Hall–Kier alpha value is -2.49. The van der Waals surface area contributed by atoms with Gasteiger partial charge in [-0.15, -0.1) is 0 Å². The first kappa shape index (κ1) is 27.8. The van der Waals surface area contributed by atoms with Crippen molar-refractivity contribution in [3.63, 3.8) is 0 Å². The molecule has 8 nitrogen and oxygen atoms in total. The second-order valence-electron chi connectivity index (χ2n) is 9.87. The summed E-state index contributed by atoms with van der Waals surface area (Å²) in [5.41, 5.74) is 1.81. The molecule has 0 radical (unpaired) electrons. The number of rotatable bonds is 14. The van der Waals surface area contributed by atoms with Crippen molar-refractivity contribution in [2.75, 3.05) is 32.5 Å². The molecular formula is C25H39N4O4S+. The van der Waals surface area contributed by atoms with E-state index in [1.165, 1.54) is 18.6 Å². The first-order valence-electron chi connectivity index (χ1n) is 11.9. The average molecular weight is 492 g/mol. The normalized spacial score (nSPS) is 12.2. The van der Waals surface area contributed by atoms with Crippen molar-refractivity contribution in [1.29, 1.82) is 0 Å². The molecule has 0 aromatic heterocycles. The van der Waals surface area contributed by atoms with Gasteiger partial charge in [0.05, 0.1) is 30.5 Å². The SMILES string of the molecule is CCCCNS(=O)(=O)c1ccc(Nc2cccc(C[N+](C)(C)CCCC(C)C)c2)c([N+](=O)[O-])c1. The van der Waals surface area contributed by atoms with Crippen LogP contribution in [0.1, 0.15) is 52.0 Å². The molecule has 34 heavy (non-hydrogen) atoms. The van der Waals surface area contributed by atoms with Crippen LogP contribution in [0.3, 0.4) is 0 Å². The molecule has 0 amide bonds. The number of nitro groups is 1. The third kappa shape index (κ3) is 8.70. The zero-order valence-corrected chi connectivity index (χ0v) is 21.8. The van der Waals surface area contributed by atoms with Crippen molar-refractivity contribution >= 4 is 27.1 Å². The van der Waals surface area contributed by atoms with E-state index in [9.17, 15) is 18.5 Å². The number of anilines is 2. The van der Waals surface area contributed by atoms with Crippen molar-refractivity contribution < 1.29 is 17.8 Å². The molecule has 0 saturated carbocycles. The van der Waals surface area contributed by atoms with Crippen LogP contribution in [0.2, 0.25) is 0 Å². The third-order valence-electron chi connectivity index (χ3n) is 5.66. The van der Waals surface area contributed by atoms with Gasteiger partial charge in [-0.1, -0.05) is 39.3 Å². The van der Waals surface area contributed by atoms with Crippen LogP contribution in [0, 0.1) is 16.0 Å². The lowest BCUT2D eigenvalue weighted by Crippen LogP contribution is -2.39. The van der Waals surface area contributed by atoms with Crippen molar-refractivity contribution in [3.05, 3.63) is 58.1 Å². The summed E-state index contributed by atoms with van der Waals surface area (Å²) in [4.78, 5) is 11.0. The van der Waals surface area contributed by atoms with Gasteiger partial charge in [0.2, 0.25) is 10.0 Å². The first-order valence-corrected chi connectivity index (χ1v) is 13.4. The topological polar surface area (TPSA) is 101 Å². The van der Waals surface area contributed by atoms with Gasteiger partial charge in [0, 0.05) is 23.9 Å². The summed E-state index contributed by atoms with van der Waals surface area (Å²) in [5, 5.41) is 14.8. The van der Waals surface area contributed by atoms with E-state index in [0.717, 1.165) is 47.7 Å². The van der Waals surface area contributed by atoms with Crippen LogP contribution >= 0.6 is 0 Å². The van der Waals surface area contributed by atoms with Crippen LogP contribution in [0.4, 0.5) is 17.1 Å². The standard InChI is InChI=1S/C25H39N4O4S/c1-6-7-15-26-34(32,33)23-13-14-24(25(18-23)28(30)31)27-22-12-8-11-21(17-22)19-29(4,5)16-9-10-20(2)3/h8,11-14,17-18,20,26-27H,6-7,9-10,15-16,19H2,1-5H3/q+1. The lowest BCUT2D eigenvalue weighted by Gasteiger charge is -2.30. The Morgan fingerprint density at radius 2 is 1.82 bits per heavy atom. The highest BCUT2D eigenvalue weighted by molar-refractivity contribution is 7.89. The van der Waals surface area contributed by atoms with E-state index < -0.39 is 14.9 Å². The maximum Gasteiger partial charge on any atom is 0.294 e. The van der Waals surface area contributed by atoms with Crippen LogP contribution in [-0.4, -0.2) is 45.0 Å². The minimum absolute atomic E-state index is 0.116. The minimum atomic E-state index is -3.80. The highest BCUT2D eigenvalue weighted by Gasteiger charge is 2.22. The fourth-order valence-corrected chi connectivity index (χ4v) is 4.90. The predicted molar refractivity (Wildman–Crippen MR) is 138 cm³/mol. The quantitative estimate of drug-likeness (QED) is 0.159. The van der Waals surface area contributed by atoms with Crippen molar-refractivity contribution in [1.82, 2.24) is 4.72 Å². The van der Waals surface area contributed by atoms with Crippen LogP contribution < -0.4 is 10.0 Å². The van der Waals surface area contributed by atoms with E-state index in [2.05, 4.69) is 44.0 Å². The number of hydrogen-bond acceptors (Lipinski definition) is 5. The van der Waals surface area contributed by atoms with Crippen LogP contribution in [0.25, 0.3) is 0 Å². The Balaban J connectivity index is 2.19. The fourth-order valence-electron chi connectivity index (χ4n) is 3.81. The van der Waals surface area contributed by atoms with E-state index in [1.54, 1.807) is 0 Å². The van der Waals surface area contributed by atoms with E-state index in [1.807, 2.05) is 25.1 Å². The molecule has 188 valence electrons. The highest BCUT2D eigenvalue weighted by Crippen LogP contribution is 2.30. The van der Waals surface area contributed by atoms with Gasteiger partial charge >= 0.3 is 0 Å². The number of hydrogen-bond donors (Lipinski definition) is 2. The zero-order chi connectivity index (χ0) is 25.4. The van der Waals surface area contributed by atoms with Gasteiger partial charge in [-0.25, -0.2) is 13.1 Å². The van der Waals surface area contributed by atoms with E-state index in [4.69, 9.17) is 0 Å². The van der Waals surface area contributed by atoms with Gasteiger partial charge < -0.3 is 9.80 Å². The van der Waals surface area contributed by atoms with E-state index >= 15 is 0 Å².